The fourth-order valence-corrected chi connectivity index (χ4v) is 1.72. The van der Waals surface area contributed by atoms with Gasteiger partial charge in [0.25, 0.3) is 0 Å². The van der Waals surface area contributed by atoms with Crippen LogP contribution in [0, 0.1) is 0 Å². The maximum Gasteiger partial charge on any atom is 0.224 e. The van der Waals surface area contributed by atoms with Crippen molar-refractivity contribution >= 4 is 5.84 Å². The smallest absolute Gasteiger partial charge is 0.224 e. The Kier molecular flexibility index (Phi) is 4.52. The molecule has 1 aromatic heterocycles. The standard InChI is InChI=1S/C13H20N4O/c1-17(2)9-10-18-13-11(5-3-6-16-13)12-14-7-4-8-15-12/h3,5-6H,4,7-10H2,1-2H3,(H,14,15). The van der Waals surface area contributed by atoms with E-state index < -0.39 is 0 Å². The Morgan fingerprint density at radius 2 is 2.33 bits per heavy atom. The quantitative estimate of drug-likeness (QED) is 0.836. The Labute approximate surface area is 108 Å². The van der Waals surface area contributed by atoms with Gasteiger partial charge in [-0.3, -0.25) is 4.99 Å². The van der Waals surface area contributed by atoms with Crippen LogP contribution < -0.4 is 10.1 Å². The van der Waals surface area contributed by atoms with Crippen molar-refractivity contribution in [2.24, 2.45) is 4.99 Å². The summed E-state index contributed by atoms with van der Waals surface area (Å²) in [7, 11) is 4.05. The van der Waals surface area contributed by atoms with Crippen molar-refractivity contribution in [3.63, 3.8) is 0 Å². The average Bonchev–Trinajstić information content (AvgIpc) is 2.40. The van der Waals surface area contributed by atoms with Crippen LogP contribution in [-0.4, -0.2) is 56.1 Å². The third-order valence-electron chi connectivity index (χ3n) is 2.70. The number of rotatable bonds is 5. The fraction of sp³-hybridized carbons (Fsp3) is 0.538. The van der Waals surface area contributed by atoms with E-state index in [9.17, 15) is 0 Å². The molecule has 0 saturated carbocycles. The predicted octanol–water partition coefficient (Wildman–Crippen LogP) is 0.762. The van der Waals surface area contributed by atoms with E-state index in [1.165, 1.54) is 0 Å². The first-order valence-corrected chi connectivity index (χ1v) is 6.28. The van der Waals surface area contributed by atoms with Gasteiger partial charge in [-0.2, -0.15) is 0 Å². The predicted molar refractivity (Wildman–Crippen MR) is 72.3 cm³/mol. The highest BCUT2D eigenvalue weighted by Gasteiger charge is 2.13. The van der Waals surface area contributed by atoms with E-state index in [2.05, 4.69) is 20.2 Å². The number of nitrogens with one attached hydrogen (secondary N) is 1. The third kappa shape index (κ3) is 3.43. The Balaban J connectivity index is 2.07. The molecule has 0 radical (unpaired) electrons. The molecule has 0 fully saturated rings. The lowest BCUT2D eigenvalue weighted by atomic mass is 10.2. The van der Waals surface area contributed by atoms with Crippen LogP contribution >= 0.6 is 0 Å². The highest BCUT2D eigenvalue weighted by atomic mass is 16.5. The number of likely N-dealkylation sites (N-methyl/N-ethyl adjacent to an activating group) is 1. The van der Waals surface area contributed by atoms with E-state index in [0.717, 1.165) is 37.5 Å². The van der Waals surface area contributed by atoms with Crippen LogP contribution in [0.25, 0.3) is 0 Å². The molecule has 98 valence electrons. The van der Waals surface area contributed by atoms with Gasteiger partial charge in [0, 0.05) is 25.8 Å². The number of aliphatic imine (C=N–C) groups is 1. The summed E-state index contributed by atoms with van der Waals surface area (Å²) in [4.78, 5) is 10.9. The summed E-state index contributed by atoms with van der Waals surface area (Å²) in [6, 6.07) is 3.90. The lowest BCUT2D eigenvalue weighted by Crippen LogP contribution is -2.31. The highest BCUT2D eigenvalue weighted by molar-refractivity contribution is 6.00. The molecule has 0 aromatic carbocycles. The molecule has 0 bridgehead atoms. The zero-order valence-corrected chi connectivity index (χ0v) is 11.0. The number of ether oxygens (including phenoxy) is 1. The van der Waals surface area contributed by atoms with Gasteiger partial charge in [-0.05, 0) is 32.6 Å². The van der Waals surface area contributed by atoms with E-state index in [4.69, 9.17) is 4.74 Å². The van der Waals surface area contributed by atoms with Crippen LogP contribution in [-0.2, 0) is 0 Å². The molecule has 1 aliphatic rings. The number of nitrogens with zero attached hydrogens (tertiary/aromatic N) is 3. The highest BCUT2D eigenvalue weighted by Crippen LogP contribution is 2.15. The molecule has 2 rings (SSSR count). The summed E-state index contributed by atoms with van der Waals surface area (Å²) in [6.45, 7) is 3.33. The molecule has 1 aliphatic heterocycles. The molecular weight excluding hydrogens is 228 g/mol. The molecule has 1 aromatic rings. The third-order valence-corrected chi connectivity index (χ3v) is 2.70. The Hall–Kier alpha value is -1.62. The van der Waals surface area contributed by atoms with E-state index in [1.807, 2.05) is 26.2 Å². The zero-order chi connectivity index (χ0) is 12.8. The van der Waals surface area contributed by atoms with Crippen molar-refractivity contribution in [3.8, 4) is 5.88 Å². The molecule has 0 atom stereocenters. The van der Waals surface area contributed by atoms with Gasteiger partial charge in [-0.25, -0.2) is 4.98 Å². The SMILES string of the molecule is CN(C)CCOc1ncccc1C1=NCCCN1. The number of hydrogen-bond acceptors (Lipinski definition) is 5. The van der Waals surface area contributed by atoms with Gasteiger partial charge in [0.2, 0.25) is 5.88 Å². The summed E-state index contributed by atoms with van der Waals surface area (Å²) >= 11 is 0. The van der Waals surface area contributed by atoms with Gasteiger partial charge in [0.15, 0.2) is 0 Å². The topological polar surface area (TPSA) is 49.8 Å². The van der Waals surface area contributed by atoms with Crippen molar-refractivity contribution in [2.75, 3.05) is 40.3 Å². The number of aromatic nitrogens is 1. The molecule has 0 unspecified atom stereocenters. The zero-order valence-electron chi connectivity index (χ0n) is 11.0. The van der Waals surface area contributed by atoms with Crippen LogP contribution in [0.5, 0.6) is 5.88 Å². The number of amidine groups is 1. The molecule has 5 nitrogen and oxygen atoms in total. The Morgan fingerprint density at radius 3 is 3.06 bits per heavy atom. The molecule has 0 aliphatic carbocycles. The molecule has 0 amide bonds. The van der Waals surface area contributed by atoms with Crippen molar-refractivity contribution in [3.05, 3.63) is 23.9 Å². The van der Waals surface area contributed by atoms with Crippen molar-refractivity contribution < 1.29 is 4.74 Å². The molecule has 18 heavy (non-hydrogen) atoms. The second-order valence-electron chi connectivity index (χ2n) is 4.52. The number of pyridine rings is 1. The first kappa shape index (κ1) is 12.8. The molecular formula is C13H20N4O. The summed E-state index contributed by atoms with van der Waals surface area (Å²) in [6.07, 6.45) is 2.83. The van der Waals surface area contributed by atoms with Gasteiger partial charge >= 0.3 is 0 Å². The van der Waals surface area contributed by atoms with Crippen LogP contribution in [0.2, 0.25) is 0 Å². The maximum absolute atomic E-state index is 5.73. The van der Waals surface area contributed by atoms with Crippen molar-refractivity contribution in [2.45, 2.75) is 6.42 Å². The summed E-state index contributed by atoms with van der Waals surface area (Å²) in [5, 5.41) is 3.29. The largest absolute Gasteiger partial charge is 0.476 e. The number of hydrogen-bond donors (Lipinski definition) is 1. The minimum absolute atomic E-state index is 0.629. The first-order valence-electron chi connectivity index (χ1n) is 6.28. The summed E-state index contributed by atoms with van der Waals surface area (Å²) < 4.78 is 5.73. The van der Waals surface area contributed by atoms with Gasteiger partial charge in [-0.1, -0.05) is 0 Å². The molecule has 5 heteroatoms. The van der Waals surface area contributed by atoms with E-state index >= 15 is 0 Å². The minimum Gasteiger partial charge on any atom is -0.476 e. The monoisotopic (exact) mass is 248 g/mol. The van der Waals surface area contributed by atoms with Crippen LogP contribution in [0.15, 0.2) is 23.3 Å². The van der Waals surface area contributed by atoms with E-state index in [0.29, 0.717) is 12.5 Å². The first-order chi connectivity index (χ1) is 8.77. The molecule has 2 heterocycles. The lowest BCUT2D eigenvalue weighted by molar-refractivity contribution is 0.253. The molecule has 1 N–H and O–H groups in total. The Morgan fingerprint density at radius 1 is 1.44 bits per heavy atom. The molecule has 0 saturated heterocycles. The second-order valence-corrected chi connectivity index (χ2v) is 4.52. The van der Waals surface area contributed by atoms with Crippen molar-refractivity contribution in [1.82, 2.24) is 15.2 Å². The summed E-state index contributed by atoms with van der Waals surface area (Å²) in [5.41, 5.74) is 0.955. The van der Waals surface area contributed by atoms with Gasteiger partial charge < -0.3 is 15.0 Å². The normalized spacial score (nSPS) is 15.2. The molecule has 0 spiro atoms. The average molecular weight is 248 g/mol. The van der Waals surface area contributed by atoms with Crippen LogP contribution in [0.4, 0.5) is 0 Å². The van der Waals surface area contributed by atoms with E-state index in [1.54, 1.807) is 6.20 Å². The maximum atomic E-state index is 5.73. The second kappa shape index (κ2) is 6.35. The van der Waals surface area contributed by atoms with Gasteiger partial charge in [-0.15, -0.1) is 0 Å². The lowest BCUT2D eigenvalue weighted by Gasteiger charge is -2.17. The van der Waals surface area contributed by atoms with Crippen LogP contribution in [0.3, 0.4) is 0 Å². The minimum atomic E-state index is 0.629. The Bertz CT molecular complexity index is 417. The summed E-state index contributed by atoms with van der Waals surface area (Å²) in [5.74, 6) is 1.56. The van der Waals surface area contributed by atoms with Crippen LogP contribution in [0.1, 0.15) is 12.0 Å². The van der Waals surface area contributed by atoms with E-state index in [-0.39, 0.29) is 0 Å². The van der Waals surface area contributed by atoms with Gasteiger partial charge in [0.1, 0.15) is 12.4 Å². The van der Waals surface area contributed by atoms with Gasteiger partial charge in [0.05, 0.1) is 5.56 Å². The fourth-order valence-electron chi connectivity index (χ4n) is 1.72. The van der Waals surface area contributed by atoms with Crippen molar-refractivity contribution in [1.29, 1.82) is 0 Å².